The summed E-state index contributed by atoms with van der Waals surface area (Å²) in [6.07, 6.45) is 6.16. The number of hydrogen-bond acceptors (Lipinski definition) is 4. The van der Waals surface area contributed by atoms with Gasteiger partial charge in [-0.3, -0.25) is 4.79 Å². The number of aromatic nitrogens is 1. The minimum absolute atomic E-state index is 0.0191. The van der Waals surface area contributed by atoms with Crippen LogP contribution in [-0.2, 0) is 11.2 Å². The molecule has 3 N–H and O–H groups in total. The van der Waals surface area contributed by atoms with Gasteiger partial charge >= 0.3 is 6.09 Å². The van der Waals surface area contributed by atoms with Crippen LogP contribution in [0, 0.1) is 0 Å². The van der Waals surface area contributed by atoms with Crippen molar-refractivity contribution < 1.29 is 19.1 Å². The van der Waals surface area contributed by atoms with Gasteiger partial charge in [-0.2, -0.15) is 0 Å². The number of ether oxygens (including phenoxy) is 2. The van der Waals surface area contributed by atoms with Gasteiger partial charge in [0, 0.05) is 37.1 Å². The molecule has 0 aliphatic heterocycles. The van der Waals surface area contributed by atoms with Crippen molar-refractivity contribution in [2.75, 3.05) is 19.7 Å². The first-order valence-electron chi connectivity index (χ1n) is 13.2. The van der Waals surface area contributed by atoms with E-state index in [4.69, 9.17) is 9.47 Å². The minimum atomic E-state index is -0.435. The minimum Gasteiger partial charge on any atom is -0.494 e. The van der Waals surface area contributed by atoms with Crippen LogP contribution in [-0.4, -0.2) is 36.7 Å². The Morgan fingerprint density at radius 3 is 2.45 bits per heavy atom. The molecular formula is C31H35N3O4. The van der Waals surface area contributed by atoms with Crippen LogP contribution in [0.2, 0.25) is 0 Å². The standard InChI is InChI=1S/C31H35N3O4/c1-23(35)32-18-16-26-22-34-30-15-14-27(21-29(26)30)37-19-8-3-2-7-17-33-31(36)38-28-13-9-12-25(20-28)24-10-5-4-6-11-24/h4-6,9-15,20-22,34H,2-3,7-8,16-19H2,1H3,(H,32,35)(H,33,36). The second kappa shape index (κ2) is 13.9. The molecule has 1 aromatic heterocycles. The average Bonchev–Trinajstić information content (AvgIpc) is 3.33. The Kier molecular flexibility index (Phi) is 9.79. The molecule has 4 rings (SSSR count). The van der Waals surface area contributed by atoms with Gasteiger partial charge in [-0.05, 0) is 66.3 Å². The summed E-state index contributed by atoms with van der Waals surface area (Å²) >= 11 is 0. The first-order valence-corrected chi connectivity index (χ1v) is 13.2. The maximum atomic E-state index is 12.2. The molecule has 0 fully saturated rings. The fourth-order valence-electron chi connectivity index (χ4n) is 4.30. The van der Waals surface area contributed by atoms with Gasteiger partial charge in [0.15, 0.2) is 0 Å². The molecular weight excluding hydrogens is 478 g/mol. The molecule has 0 unspecified atom stereocenters. The number of aromatic amines is 1. The smallest absolute Gasteiger partial charge is 0.412 e. The monoisotopic (exact) mass is 513 g/mol. The Morgan fingerprint density at radius 2 is 1.61 bits per heavy atom. The summed E-state index contributed by atoms with van der Waals surface area (Å²) in [5.74, 6) is 1.35. The highest BCUT2D eigenvalue weighted by atomic mass is 16.6. The van der Waals surface area contributed by atoms with Gasteiger partial charge in [-0.1, -0.05) is 55.3 Å². The van der Waals surface area contributed by atoms with Crippen LogP contribution in [0.3, 0.4) is 0 Å². The van der Waals surface area contributed by atoms with Crippen LogP contribution in [0.1, 0.15) is 38.2 Å². The van der Waals surface area contributed by atoms with Crippen molar-refractivity contribution in [2.45, 2.75) is 39.0 Å². The fourth-order valence-corrected chi connectivity index (χ4v) is 4.30. The molecule has 0 aliphatic rings. The van der Waals surface area contributed by atoms with Crippen LogP contribution < -0.4 is 20.1 Å². The first-order chi connectivity index (χ1) is 18.6. The van der Waals surface area contributed by atoms with Crippen molar-refractivity contribution in [3.8, 4) is 22.6 Å². The van der Waals surface area contributed by atoms with Gasteiger partial charge < -0.3 is 25.1 Å². The lowest BCUT2D eigenvalue weighted by molar-refractivity contribution is -0.118. The lowest BCUT2D eigenvalue weighted by Crippen LogP contribution is -2.27. The molecule has 0 aliphatic carbocycles. The second-order valence-electron chi connectivity index (χ2n) is 9.23. The summed E-state index contributed by atoms with van der Waals surface area (Å²) in [5.41, 5.74) is 4.31. The fraction of sp³-hybridized carbons (Fsp3) is 0.290. The van der Waals surface area contributed by atoms with Crippen molar-refractivity contribution in [1.29, 1.82) is 0 Å². The van der Waals surface area contributed by atoms with Crippen molar-refractivity contribution in [2.24, 2.45) is 0 Å². The normalized spacial score (nSPS) is 10.8. The maximum Gasteiger partial charge on any atom is 0.412 e. The number of H-pyrrole nitrogens is 1. The van der Waals surface area contributed by atoms with E-state index in [0.717, 1.165) is 65.4 Å². The molecule has 38 heavy (non-hydrogen) atoms. The van der Waals surface area contributed by atoms with E-state index in [9.17, 15) is 9.59 Å². The number of amides is 2. The predicted octanol–water partition coefficient (Wildman–Crippen LogP) is 6.24. The van der Waals surface area contributed by atoms with Crippen molar-refractivity contribution in [1.82, 2.24) is 15.6 Å². The van der Waals surface area contributed by atoms with Crippen molar-refractivity contribution in [3.05, 3.63) is 84.6 Å². The highest BCUT2D eigenvalue weighted by molar-refractivity contribution is 5.84. The van der Waals surface area contributed by atoms with Gasteiger partial charge in [0.2, 0.25) is 5.91 Å². The van der Waals surface area contributed by atoms with Crippen LogP contribution in [0.4, 0.5) is 4.79 Å². The number of carbonyl (C=O) groups excluding carboxylic acids is 2. The van der Waals surface area contributed by atoms with Gasteiger partial charge in [0.05, 0.1) is 6.61 Å². The van der Waals surface area contributed by atoms with E-state index in [2.05, 4.69) is 21.7 Å². The molecule has 3 aromatic carbocycles. The summed E-state index contributed by atoms with van der Waals surface area (Å²) in [5, 5.41) is 6.79. The molecule has 0 saturated carbocycles. The Labute approximate surface area is 223 Å². The molecule has 0 radical (unpaired) electrons. The Bertz CT molecular complexity index is 1330. The number of carbonyl (C=O) groups is 2. The van der Waals surface area contributed by atoms with E-state index >= 15 is 0 Å². The number of benzene rings is 3. The molecule has 7 nitrogen and oxygen atoms in total. The summed E-state index contributed by atoms with van der Waals surface area (Å²) < 4.78 is 11.4. The third-order valence-electron chi connectivity index (χ3n) is 6.27. The van der Waals surface area contributed by atoms with Crippen LogP contribution >= 0.6 is 0 Å². The quantitative estimate of drug-likeness (QED) is 0.185. The molecule has 0 spiro atoms. The zero-order chi connectivity index (χ0) is 26.6. The maximum absolute atomic E-state index is 12.2. The Hall–Kier alpha value is -4.26. The van der Waals surface area contributed by atoms with Gasteiger partial charge in [-0.25, -0.2) is 4.79 Å². The van der Waals surface area contributed by atoms with Crippen LogP contribution in [0.25, 0.3) is 22.0 Å². The third-order valence-corrected chi connectivity index (χ3v) is 6.27. The molecule has 0 bridgehead atoms. The van der Waals surface area contributed by atoms with E-state index < -0.39 is 6.09 Å². The second-order valence-corrected chi connectivity index (χ2v) is 9.23. The lowest BCUT2D eigenvalue weighted by atomic mass is 10.1. The lowest BCUT2D eigenvalue weighted by Gasteiger charge is -2.09. The Balaban J connectivity index is 1.10. The van der Waals surface area contributed by atoms with Gasteiger partial charge in [-0.15, -0.1) is 0 Å². The van der Waals surface area contributed by atoms with E-state index in [1.165, 1.54) is 6.92 Å². The number of hydrogen-bond donors (Lipinski definition) is 3. The molecule has 198 valence electrons. The molecule has 7 heteroatoms. The summed E-state index contributed by atoms with van der Waals surface area (Å²) in [4.78, 5) is 26.5. The third kappa shape index (κ3) is 8.13. The summed E-state index contributed by atoms with van der Waals surface area (Å²) in [7, 11) is 0. The predicted molar refractivity (Wildman–Crippen MR) is 151 cm³/mol. The zero-order valence-electron chi connectivity index (χ0n) is 21.8. The first kappa shape index (κ1) is 26.8. The summed E-state index contributed by atoms with van der Waals surface area (Å²) in [6, 6.07) is 23.6. The zero-order valence-corrected chi connectivity index (χ0v) is 21.8. The van der Waals surface area contributed by atoms with E-state index in [1.54, 1.807) is 6.07 Å². The topological polar surface area (TPSA) is 92.5 Å². The number of nitrogens with one attached hydrogen (secondary N) is 3. The SMILES string of the molecule is CC(=O)NCCc1c[nH]c2ccc(OCCCCCCNC(=O)Oc3cccc(-c4ccccc4)c3)cc12. The van der Waals surface area contributed by atoms with E-state index in [0.29, 0.717) is 25.4 Å². The number of unbranched alkanes of at least 4 members (excludes halogenated alkanes) is 3. The van der Waals surface area contributed by atoms with Gasteiger partial charge in [0.1, 0.15) is 11.5 Å². The van der Waals surface area contributed by atoms with E-state index in [-0.39, 0.29) is 5.91 Å². The highest BCUT2D eigenvalue weighted by Gasteiger charge is 2.07. The van der Waals surface area contributed by atoms with Crippen LogP contribution in [0.15, 0.2) is 79.0 Å². The Morgan fingerprint density at radius 1 is 0.789 bits per heavy atom. The number of rotatable bonds is 13. The number of fused-ring (bicyclic) bond motifs is 1. The van der Waals surface area contributed by atoms with Gasteiger partial charge in [0.25, 0.3) is 0 Å². The van der Waals surface area contributed by atoms with Crippen molar-refractivity contribution in [3.63, 3.8) is 0 Å². The molecule has 4 aromatic rings. The summed E-state index contributed by atoms with van der Waals surface area (Å²) in [6.45, 7) is 3.36. The van der Waals surface area contributed by atoms with E-state index in [1.807, 2.05) is 66.9 Å². The van der Waals surface area contributed by atoms with Crippen molar-refractivity contribution >= 4 is 22.9 Å². The average molecular weight is 514 g/mol. The molecule has 1 heterocycles. The highest BCUT2D eigenvalue weighted by Crippen LogP contribution is 2.25. The molecule has 0 atom stereocenters. The van der Waals surface area contributed by atoms with Crippen LogP contribution in [0.5, 0.6) is 11.5 Å². The largest absolute Gasteiger partial charge is 0.494 e. The molecule has 2 amide bonds. The molecule has 0 saturated heterocycles.